The number of piperidine rings is 1. The highest BCUT2D eigenvalue weighted by molar-refractivity contribution is 7.98. The van der Waals surface area contributed by atoms with Crippen LogP contribution in [0.3, 0.4) is 0 Å². The third kappa shape index (κ3) is 4.39. The molecule has 1 aromatic carbocycles. The second-order valence-corrected chi connectivity index (χ2v) is 8.11. The third-order valence-electron chi connectivity index (χ3n) is 4.57. The van der Waals surface area contributed by atoms with E-state index in [0.717, 1.165) is 29.2 Å². The maximum absolute atomic E-state index is 4.53. The molecular formula is C19H28N4S. The fourth-order valence-electron chi connectivity index (χ4n) is 3.48. The van der Waals surface area contributed by atoms with Crippen molar-refractivity contribution in [2.75, 3.05) is 19.6 Å². The average Bonchev–Trinajstić information content (AvgIpc) is 2.94. The zero-order chi connectivity index (χ0) is 16.9. The van der Waals surface area contributed by atoms with Gasteiger partial charge in [0.1, 0.15) is 5.82 Å². The second-order valence-electron chi connectivity index (χ2n) is 7.17. The topological polar surface area (TPSA) is 34.0 Å². The van der Waals surface area contributed by atoms with Gasteiger partial charge in [-0.15, -0.1) is 10.2 Å². The first-order valence-corrected chi connectivity index (χ1v) is 9.90. The molecule has 1 aliphatic rings. The van der Waals surface area contributed by atoms with E-state index in [0.29, 0.717) is 5.92 Å². The molecule has 2 aromatic rings. The molecule has 1 fully saturated rings. The Bertz CT molecular complexity index is 638. The fraction of sp³-hybridized carbons (Fsp3) is 0.579. The van der Waals surface area contributed by atoms with Crippen LogP contribution in [0.25, 0.3) is 0 Å². The Morgan fingerprint density at radius 1 is 1.21 bits per heavy atom. The van der Waals surface area contributed by atoms with Crippen LogP contribution in [0, 0.1) is 5.92 Å². The molecule has 0 amide bonds. The van der Waals surface area contributed by atoms with Crippen LogP contribution in [0.1, 0.15) is 44.0 Å². The molecule has 0 N–H and O–H groups in total. The van der Waals surface area contributed by atoms with E-state index in [9.17, 15) is 0 Å². The standard InChI is InChI=1S/C19H28N4S/c1-15(2)12-23-11-7-10-17(13-23)18-20-21-19(22(18)3)24-14-16-8-5-4-6-9-16/h4-6,8-9,15,17H,7,10-14H2,1-3H3/t17-/m1/s1. The Labute approximate surface area is 149 Å². The number of rotatable bonds is 6. The largest absolute Gasteiger partial charge is 0.309 e. The van der Waals surface area contributed by atoms with Crippen LogP contribution in [0.4, 0.5) is 0 Å². The SMILES string of the molecule is CC(C)CN1CCC[C@@H](c2nnc(SCc3ccccc3)n2C)C1. The van der Waals surface area contributed by atoms with Crippen LogP contribution in [0.2, 0.25) is 0 Å². The lowest BCUT2D eigenvalue weighted by Crippen LogP contribution is -2.37. The molecule has 0 radical (unpaired) electrons. The van der Waals surface area contributed by atoms with Gasteiger partial charge in [0, 0.05) is 31.8 Å². The van der Waals surface area contributed by atoms with Crippen LogP contribution in [0.5, 0.6) is 0 Å². The molecule has 24 heavy (non-hydrogen) atoms. The average molecular weight is 345 g/mol. The van der Waals surface area contributed by atoms with Crippen LogP contribution < -0.4 is 0 Å². The second kappa shape index (κ2) is 8.17. The molecule has 3 rings (SSSR count). The molecular weight excluding hydrogens is 316 g/mol. The molecule has 130 valence electrons. The van der Waals surface area contributed by atoms with Gasteiger partial charge in [-0.05, 0) is 30.9 Å². The lowest BCUT2D eigenvalue weighted by molar-refractivity contribution is 0.183. The summed E-state index contributed by atoms with van der Waals surface area (Å²) in [6, 6.07) is 10.6. The van der Waals surface area contributed by atoms with Gasteiger partial charge in [-0.25, -0.2) is 0 Å². The molecule has 0 bridgehead atoms. The summed E-state index contributed by atoms with van der Waals surface area (Å²) in [5.41, 5.74) is 1.33. The Kier molecular flexibility index (Phi) is 5.95. The van der Waals surface area contributed by atoms with Gasteiger partial charge < -0.3 is 9.47 Å². The van der Waals surface area contributed by atoms with Gasteiger partial charge in [0.25, 0.3) is 0 Å². The Balaban J connectivity index is 1.63. The fourth-order valence-corrected chi connectivity index (χ4v) is 4.35. The summed E-state index contributed by atoms with van der Waals surface area (Å²) in [7, 11) is 2.12. The quantitative estimate of drug-likeness (QED) is 0.743. The first kappa shape index (κ1) is 17.5. The summed E-state index contributed by atoms with van der Waals surface area (Å²) in [4.78, 5) is 2.59. The summed E-state index contributed by atoms with van der Waals surface area (Å²) in [6.45, 7) is 8.12. The van der Waals surface area contributed by atoms with Crippen molar-refractivity contribution < 1.29 is 0 Å². The molecule has 2 heterocycles. The van der Waals surface area contributed by atoms with Gasteiger partial charge in [-0.2, -0.15) is 0 Å². The summed E-state index contributed by atoms with van der Waals surface area (Å²) in [5, 5.41) is 10.0. The van der Waals surface area contributed by atoms with E-state index in [2.05, 4.69) is 70.9 Å². The normalized spacial score (nSPS) is 19.1. The first-order valence-electron chi connectivity index (χ1n) is 8.92. The van der Waals surface area contributed by atoms with Gasteiger partial charge in [0.15, 0.2) is 5.16 Å². The molecule has 0 unspecified atom stereocenters. The summed E-state index contributed by atoms with van der Waals surface area (Å²) < 4.78 is 2.21. The smallest absolute Gasteiger partial charge is 0.191 e. The monoisotopic (exact) mass is 344 g/mol. The summed E-state index contributed by atoms with van der Waals surface area (Å²) >= 11 is 1.77. The Morgan fingerprint density at radius 2 is 2.00 bits per heavy atom. The highest BCUT2D eigenvalue weighted by Gasteiger charge is 2.26. The van der Waals surface area contributed by atoms with E-state index < -0.39 is 0 Å². The molecule has 0 saturated carbocycles. The molecule has 0 spiro atoms. The van der Waals surface area contributed by atoms with Crippen molar-refractivity contribution in [1.82, 2.24) is 19.7 Å². The van der Waals surface area contributed by atoms with Crippen molar-refractivity contribution in [3.63, 3.8) is 0 Å². The summed E-state index contributed by atoms with van der Waals surface area (Å²) in [6.07, 6.45) is 2.49. The molecule has 1 aliphatic heterocycles. The van der Waals surface area contributed by atoms with Crippen molar-refractivity contribution in [2.24, 2.45) is 13.0 Å². The van der Waals surface area contributed by atoms with Gasteiger partial charge in [-0.1, -0.05) is 55.9 Å². The molecule has 4 nitrogen and oxygen atoms in total. The van der Waals surface area contributed by atoms with Gasteiger partial charge in [0.2, 0.25) is 0 Å². The molecule has 1 saturated heterocycles. The van der Waals surface area contributed by atoms with E-state index in [1.54, 1.807) is 11.8 Å². The Hall–Kier alpha value is -1.33. The van der Waals surface area contributed by atoms with Gasteiger partial charge in [-0.3, -0.25) is 0 Å². The van der Waals surface area contributed by atoms with E-state index in [4.69, 9.17) is 0 Å². The lowest BCUT2D eigenvalue weighted by Gasteiger charge is -2.33. The molecule has 1 aromatic heterocycles. The maximum atomic E-state index is 4.53. The molecule has 0 aliphatic carbocycles. The van der Waals surface area contributed by atoms with Crippen molar-refractivity contribution >= 4 is 11.8 Å². The minimum Gasteiger partial charge on any atom is -0.309 e. The lowest BCUT2D eigenvalue weighted by atomic mass is 9.96. The number of hydrogen-bond acceptors (Lipinski definition) is 4. The van der Waals surface area contributed by atoms with E-state index in [1.807, 2.05) is 0 Å². The predicted molar refractivity (Wildman–Crippen MR) is 100 cm³/mol. The highest BCUT2D eigenvalue weighted by Crippen LogP contribution is 2.29. The van der Waals surface area contributed by atoms with Gasteiger partial charge >= 0.3 is 0 Å². The van der Waals surface area contributed by atoms with Crippen LogP contribution >= 0.6 is 11.8 Å². The minimum absolute atomic E-state index is 0.515. The zero-order valence-corrected chi connectivity index (χ0v) is 15.8. The zero-order valence-electron chi connectivity index (χ0n) is 15.0. The number of nitrogens with zero attached hydrogens (tertiary/aromatic N) is 4. The maximum Gasteiger partial charge on any atom is 0.191 e. The number of thioether (sulfide) groups is 1. The van der Waals surface area contributed by atoms with Crippen molar-refractivity contribution in [2.45, 2.75) is 43.5 Å². The van der Waals surface area contributed by atoms with E-state index in [-0.39, 0.29) is 0 Å². The molecule has 5 heteroatoms. The summed E-state index contributed by atoms with van der Waals surface area (Å²) in [5.74, 6) is 3.33. The number of hydrogen-bond donors (Lipinski definition) is 0. The highest BCUT2D eigenvalue weighted by atomic mass is 32.2. The first-order chi connectivity index (χ1) is 11.6. The number of likely N-dealkylation sites (tertiary alicyclic amines) is 1. The third-order valence-corrected chi connectivity index (χ3v) is 5.66. The number of benzene rings is 1. The van der Waals surface area contributed by atoms with Crippen molar-refractivity contribution in [3.05, 3.63) is 41.7 Å². The van der Waals surface area contributed by atoms with E-state index >= 15 is 0 Å². The van der Waals surface area contributed by atoms with Crippen LogP contribution in [-0.4, -0.2) is 39.3 Å². The van der Waals surface area contributed by atoms with Gasteiger partial charge in [0.05, 0.1) is 0 Å². The molecule has 1 atom stereocenters. The minimum atomic E-state index is 0.515. The van der Waals surface area contributed by atoms with Crippen molar-refractivity contribution in [3.8, 4) is 0 Å². The van der Waals surface area contributed by atoms with Crippen LogP contribution in [-0.2, 0) is 12.8 Å². The van der Waals surface area contributed by atoms with E-state index in [1.165, 1.54) is 31.5 Å². The predicted octanol–water partition coefficient (Wildman–Crippen LogP) is 3.94. The Morgan fingerprint density at radius 3 is 2.75 bits per heavy atom. The number of aromatic nitrogens is 3. The van der Waals surface area contributed by atoms with Crippen molar-refractivity contribution in [1.29, 1.82) is 0 Å². The van der Waals surface area contributed by atoms with Crippen LogP contribution in [0.15, 0.2) is 35.5 Å².